The predicted molar refractivity (Wildman–Crippen MR) is 79.4 cm³/mol. The first-order chi connectivity index (χ1) is 8.22. The van der Waals surface area contributed by atoms with Crippen molar-refractivity contribution in [1.82, 2.24) is 9.80 Å². The number of rotatable bonds is 4. The van der Waals surface area contributed by atoms with Crippen LogP contribution in [0.15, 0.2) is 0 Å². The number of nitrogens with zero attached hydrogens (tertiary/aromatic N) is 2. The Balaban J connectivity index is 0.00000162. The van der Waals surface area contributed by atoms with Gasteiger partial charge in [0, 0.05) is 25.7 Å². The fourth-order valence-corrected chi connectivity index (χ4v) is 3.28. The molecule has 2 aliphatic rings. The predicted octanol–water partition coefficient (Wildman–Crippen LogP) is 0.795. The van der Waals surface area contributed by atoms with Crippen molar-refractivity contribution in [2.75, 3.05) is 38.2 Å². The smallest absolute Gasteiger partial charge is 0.239 e. The van der Waals surface area contributed by atoms with Gasteiger partial charge in [-0.25, -0.2) is 0 Å². The lowest BCUT2D eigenvalue weighted by atomic mass is 10.1. The Labute approximate surface area is 120 Å². The van der Waals surface area contributed by atoms with E-state index in [-0.39, 0.29) is 24.4 Å². The molecule has 2 rings (SSSR count). The van der Waals surface area contributed by atoms with E-state index in [0.29, 0.717) is 6.04 Å². The first kappa shape index (κ1) is 16.1. The minimum absolute atomic E-state index is 0. The van der Waals surface area contributed by atoms with Crippen LogP contribution in [0.3, 0.4) is 0 Å². The highest BCUT2D eigenvalue weighted by atomic mass is 35.5. The minimum atomic E-state index is -0.296. The van der Waals surface area contributed by atoms with Crippen molar-refractivity contribution in [3.05, 3.63) is 0 Å². The van der Waals surface area contributed by atoms with Crippen LogP contribution in [-0.2, 0) is 4.79 Å². The number of halogens is 1. The number of carbonyl (C=O) groups excluding carboxylic acids is 1. The van der Waals surface area contributed by atoms with Gasteiger partial charge in [0.1, 0.15) is 0 Å². The van der Waals surface area contributed by atoms with E-state index in [1.807, 2.05) is 4.90 Å². The molecule has 0 aliphatic carbocycles. The Hall–Kier alpha value is 0.0300. The standard InChI is InChI=1S/C12H23N3OS.ClH/c1-17-8-4-11(13)12(16)15-7-6-14-5-2-3-10(14)9-15;/h10-11H,2-9,13H2,1H3;1H/t10?,11-;/m0./s1. The highest BCUT2D eigenvalue weighted by molar-refractivity contribution is 7.98. The lowest BCUT2D eigenvalue weighted by molar-refractivity contribution is -0.135. The summed E-state index contributed by atoms with van der Waals surface area (Å²) in [5.74, 6) is 1.13. The van der Waals surface area contributed by atoms with Crippen molar-refractivity contribution < 1.29 is 4.79 Å². The number of hydrogen-bond acceptors (Lipinski definition) is 4. The summed E-state index contributed by atoms with van der Waals surface area (Å²) < 4.78 is 0. The fraction of sp³-hybridized carbons (Fsp3) is 0.917. The van der Waals surface area contributed by atoms with Gasteiger partial charge in [0.05, 0.1) is 6.04 Å². The lowest BCUT2D eigenvalue weighted by Crippen LogP contribution is -2.55. The first-order valence-electron chi connectivity index (χ1n) is 6.49. The molecular formula is C12H24ClN3OS. The second-order valence-electron chi connectivity index (χ2n) is 5.00. The summed E-state index contributed by atoms with van der Waals surface area (Å²) >= 11 is 1.75. The number of fused-ring (bicyclic) bond motifs is 1. The highest BCUT2D eigenvalue weighted by Crippen LogP contribution is 2.21. The summed E-state index contributed by atoms with van der Waals surface area (Å²) in [6.07, 6.45) is 5.37. The Morgan fingerprint density at radius 1 is 1.44 bits per heavy atom. The van der Waals surface area contributed by atoms with Crippen LogP contribution in [0.2, 0.25) is 0 Å². The molecule has 0 radical (unpaired) electrons. The Morgan fingerprint density at radius 3 is 2.94 bits per heavy atom. The van der Waals surface area contributed by atoms with E-state index in [9.17, 15) is 4.79 Å². The van der Waals surface area contributed by atoms with Crippen molar-refractivity contribution >= 4 is 30.1 Å². The van der Waals surface area contributed by atoms with E-state index >= 15 is 0 Å². The van der Waals surface area contributed by atoms with Gasteiger partial charge in [-0.3, -0.25) is 9.69 Å². The molecule has 1 amide bonds. The molecule has 106 valence electrons. The van der Waals surface area contributed by atoms with E-state index in [4.69, 9.17) is 5.73 Å². The molecular weight excluding hydrogens is 270 g/mol. The zero-order valence-corrected chi connectivity index (χ0v) is 12.6. The third kappa shape index (κ3) is 3.76. The lowest BCUT2D eigenvalue weighted by Gasteiger charge is -2.38. The molecule has 2 aliphatic heterocycles. The van der Waals surface area contributed by atoms with Gasteiger partial charge in [0.2, 0.25) is 5.91 Å². The largest absolute Gasteiger partial charge is 0.338 e. The Kier molecular flexibility index (Phi) is 6.77. The van der Waals surface area contributed by atoms with Crippen LogP contribution in [0, 0.1) is 0 Å². The Morgan fingerprint density at radius 2 is 2.22 bits per heavy atom. The quantitative estimate of drug-likeness (QED) is 0.833. The molecule has 0 bridgehead atoms. The summed E-state index contributed by atoms with van der Waals surface area (Å²) in [7, 11) is 0. The van der Waals surface area contributed by atoms with Crippen LogP contribution >= 0.6 is 24.2 Å². The SMILES string of the molecule is CSCC[C@H](N)C(=O)N1CCN2CCCC2C1.Cl. The van der Waals surface area contributed by atoms with Gasteiger partial charge in [-0.2, -0.15) is 11.8 Å². The van der Waals surface area contributed by atoms with Gasteiger partial charge >= 0.3 is 0 Å². The van der Waals surface area contributed by atoms with Crippen molar-refractivity contribution in [2.24, 2.45) is 5.73 Å². The number of carbonyl (C=O) groups is 1. The normalized spacial score (nSPS) is 25.4. The van der Waals surface area contributed by atoms with E-state index in [0.717, 1.165) is 31.8 Å². The maximum atomic E-state index is 12.2. The first-order valence-corrected chi connectivity index (χ1v) is 7.89. The maximum absolute atomic E-state index is 12.2. The molecule has 0 aromatic carbocycles. The van der Waals surface area contributed by atoms with Crippen LogP contribution < -0.4 is 5.73 Å². The van der Waals surface area contributed by atoms with Crippen molar-refractivity contribution in [2.45, 2.75) is 31.3 Å². The topological polar surface area (TPSA) is 49.6 Å². The third-order valence-electron chi connectivity index (χ3n) is 3.85. The van der Waals surface area contributed by atoms with Crippen LogP contribution in [-0.4, -0.2) is 66.0 Å². The van der Waals surface area contributed by atoms with Gasteiger partial charge in [-0.15, -0.1) is 12.4 Å². The molecule has 0 saturated carbocycles. The van der Waals surface area contributed by atoms with Gasteiger partial charge in [-0.1, -0.05) is 0 Å². The molecule has 6 heteroatoms. The molecule has 18 heavy (non-hydrogen) atoms. The molecule has 4 nitrogen and oxygen atoms in total. The molecule has 2 atom stereocenters. The minimum Gasteiger partial charge on any atom is -0.338 e. The van der Waals surface area contributed by atoms with Crippen LogP contribution in [0.4, 0.5) is 0 Å². The van der Waals surface area contributed by atoms with Gasteiger partial charge < -0.3 is 10.6 Å². The number of thioether (sulfide) groups is 1. The van der Waals surface area contributed by atoms with Crippen molar-refractivity contribution in [3.63, 3.8) is 0 Å². The van der Waals surface area contributed by atoms with Crippen molar-refractivity contribution in [3.8, 4) is 0 Å². The van der Waals surface area contributed by atoms with E-state index in [2.05, 4.69) is 11.2 Å². The van der Waals surface area contributed by atoms with Gasteiger partial charge in [0.25, 0.3) is 0 Å². The highest BCUT2D eigenvalue weighted by Gasteiger charge is 2.33. The summed E-state index contributed by atoms with van der Waals surface area (Å²) in [4.78, 5) is 16.7. The number of amides is 1. The fourth-order valence-electron chi connectivity index (χ4n) is 2.79. The molecule has 0 aromatic heterocycles. The molecule has 0 aromatic rings. The van der Waals surface area contributed by atoms with E-state index in [1.165, 1.54) is 19.4 Å². The van der Waals surface area contributed by atoms with E-state index < -0.39 is 0 Å². The van der Waals surface area contributed by atoms with E-state index in [1.54, 1.807) is 11.8 Å². The number of nitrogens with two attached hydrogens (primary N) is 1. The summed E-state index contributed by atoms with van der Waals surface area (Å²) in [6, 6.07) is 0.302. The average Bonchev–Trinajstić information content (AvgIpc) is 2.81. The molecule has 0 spiro atoms. The summed E-state index contributed by atoms with van der Waals surface area (Å²) in [5.41, 5.74) is 5.95. The summed E-state index contributed by atoms with van der Waals surface area (Å²) in [6.45, 7) is 4.00. The number of piperazine rings is 1. The third-order valence-corrected chi connectivity index (χ3v) is 4.49. The second kappa shape index (κ2) is 7.58. The number of hydrogen-bond donors (Lipinski definition) is 1. The average molecular weight is 294 g/mol. The maximum Gasteiger partial charge on any atom is 0.239 e. The Bertz CT molecular complexity index is 280. The molecule has 1 unspecified atom stereocenters. The van der Waals surface area contributed by atoms with Crippen molar-refractivity contribution in [1.29, 1.82) is 0 Å². The van der Waals surface area contributed by atoms with Gasteiger partial charge in [0.15, 0.2) is 0 Å². The zero-order valence-electron chi connectivity index (χ0n) is 11.0. The molecule has 2 heterocycles. The molecule has 2 saturated heterocycles. The summed E-state index contributed by atoms with van der Waals surface area (Å²) in [5, 5.41) is 0. The van der Waals surface area contributed by atoms with Crippen LogP contribution in [0.5, 0.6) is 0 Å². The van der Waals surface area contributed by atoms with Crippen LogP contribution in [0.25, 0.3) is 0 Å². The molecule has 2 N–H and O–H groups in total. The monoisotopic (exact) mass is 293 g/mol. The molecule has 2 fully saturated rings. The zero-order chi connectivity index (χ0) is 12.3. The van der Waals surface area contributed by atoms with Crippen LogP contribution in [0.1, 0.15) is 19.3 Å². The second-order valence-corrected chi connectivity index (χ2v) is 5.99. The van der Waals surface area contributed by atoms with Gasteiger partial charge in [-0.05, 0) is 37.8 Å².